The first-order valence-electron chi connectivity index (χ1n) is 3.31. The number of β-amino-alcohol motifs (C(OH)–C–C–N with tert-alkyl or cyclic N) is 1. The van der Waals surface area contributed by atoms with Gasteiger partial charge in [-0.15, -0.1) is 0 Å². The maximum absolute atomic E-state index is 10.3. The van der Waals surface area contributed by atoms with Crippen LogP contribution in [0.2, 0.25) is 0 Å². The van der Waals surface area contributed by atoms with E-state index in [0.29, 0.717) is 19.5 Å². The van der Waals surface area contributed by atoms with Crippen LogP contribution in [0.1, 0.15) is 6.42 Å². The Morgan fingerprint density at radius 2 is 2.09 bits per heavy atom. The third kappa shape index (κ3) is 3.53. The van der Waals surface area contributed by atoms with Gasteiger partial charge in [0, 0.05) is 42.6 Å². The number of hydrogen-bond donors (Lipinski definition) is 3. The van der Waals surface area contributed by atoms with Crippen molar-refractivity contribution in [1.29, 1.82) is 0 Å². The summed E-state index contributed by atoms with van der Waals surface area (Å²) in [6, 6.07) is 0. The maximum Gasteiger partial charge on any atom is 0.307 e. The van der Waals surface area contributed by atoms with Crippen LogP contribution in [0.15, 0.2) is 0 Å². The minimum Gasteiger partial charge on any atom is -0.481 e. The number of hydrogen-bond acceptors (Lipinski definition) is 3. The van der Waals surface area contributed by atoms with Gasteiger partial charge in [0.1, 0.15) is 0 Å². The van der Waals surface area contributed by atoms with Crippen LogP contribution in [0.3, 0.4) is 0 Å². The molecule has 0 saturated carbocycles. The molecule has 4 nitrogen and oxygen atoms in total. The fourth-order valence-corrected chi connectivity index (χ4v) is 1.11. The van der Waals surface area contributed by atoms with E-state index in [0.717, 1.165) is 0 Å². The Morgan fingerprint density at radius 3 is 2.45 bits per heavy atom. The Kier molecular flexibility index (Phi) is 5.29. The van der Waals surface area contributed by atoms with Gasteiger partial charge in [0.25, 0.3) is 0 Å². The summed E-state index contributed by atoms with van der Waals surface area (Å²) >= 11 is 0. The summed E-state index contributed by atoms with van der Waals surface area (Å²) in [5.41, 5.74) is 0. The zero-order valence-corrected chi connectivity index (χ0v) is 8.58. The quantitative estimate of drug-likeness (QED) is 0.424. The van der Waals surface area contributed by atoms with Gasteiger partial charge in [0.15, 0.2) is 0 Å². The van der Waals surface area contributed by atoms with Crippen molar-refractivity contribution in [2.75, 3.05) is 13.1 Å². The predicted octanol–water partition coefficient (Wildman–Crippen LogP) is -1.34. The van der Waals surface area contributed by atoms with Crippen molar-refractivity contribution in [2.24, 2.45) is 5.92 Å². The fraction of sp³-hybridized carbons (Fsp3) is 0.833. The molecule has 1 aliphatic heterocycles. The molecule has 0 amide bonds. The number of aliphatic carboxylic acids is 1. The molecule has 0 unspecified atom stereocenters. The van der Waals surface area contributed by atoms with Crippen LogP contribution in [-0.4, -0.2) is 64.9 Å². The van der Waals surface area contributed by atoms with E-state index >= 15 is 0 Å². The van der Waals surface area contributed by atoms with Crippen molar-refractivity contribution in [3.63, 3.8) is 0 Å². The standard InChI is InChI=1S/C6H11NO3.Na/c8-5-1-4(6(9)10)2-7-3-5;/h4-5,7-8H,1-3H2,(H,9,10);/t4-,5+;/m0./s1. The van der Waals surface area contributed by atoms with Crippen molar-refractivity contribution in [3.8, 4) is 0 Å². The first kappa shape index (κ1) is 11.4. The molecular weight excluding hydrogens is 157 g/mol. The van der Waals surface area contributed by atoms with Crippen LogP contribution in [0.4, 0.5) is 0 Å². The Labute approximate surface area is 87.3 Å². The normalized spacial score (nSPS) is 30.6. The van der Waals surface area contributed by atoms with Gasteiger partial charge in [-0.05, 0) is 6.42 Å². The molecule has 11 heavy (non-hydrogen) atoms. The van der Waals surface area contributed by atoms with E-state index in [4.69, 9.17) is 10.2 Å². The third-order valence-electron chi connectivity index (χ3n) is 1.68. The first-order valence-corrected chi connectivity index (χ1v) is 3.31. The number of carboxylic acids is 1. The molecule has 1 rings (SSSR count). The summed E-state index contributed by atoms with van der Waals surface area (Å²) in [7, 11) is 0. The van der Waals surface area contributed by atoms with Crippen LogP contribution in [0.25, 0.3) is 0 Å². The van der Waals surface area contributed by atoms with E-state index < -0.39 is 18.0 Å². The van der Waals surface area contributed by atoms with Gasteiger partial charge < -0.3 is 15.5 Å². The van der Waals surface area contributed by atoms with Gasteiger partial charge in [-0.1, -0.05) is 0 Å². The van der Waals surface area contributed by atoms with Gasteiger partial charge in [-0.2, -0.15) is 0 Å². The second-order valence-electron chi connectivity index (χ2n) is 2.58. The van der Waals surface area contributed by atoms with Crippen LogP contribution in [0, 0.1) is 5.92 Å². The average Bonchev–Trinajstić information content (AvgIpc) is 1.88. The molecule has 5 heteroatoms. The van der Waals surface area contributed by atoms with Crippen molar-refractivity contribution in [1.82, 2.24) is 5.32 Å². The molecule has 1 saturated heterocycles. The summed E-state index contributed by atoms with van der Waals surface area (Å²) in [5, 5.41) is 20.3. The number of carboxylic acid groups (broad SMARTS) is 1. The first-order chi connectivity index (χ1) is 4.70. The van der Waals surface area contributed by atoms with Gasteiger partial charge in [-0.3, -0.25) is 4.79 Å². The van der Waals surface area contributed by atoms with Crippen LogP contribution >= 0.6 is 0 Å². The topological polar surface area (TPSA) is 69.6 Å². The van der Waals surface area contributed by atoms with Crippen LogP contribution in [0.5, 0.6) is 0 Å². The van der Waals surface area contributed by atoms with E-state index in [2.05, 4.69) is 5.32 Å². The number of nitrogens with one attached hydrogen (secondary N) is 1. The summed E-state index contributed by atoms with van der Waals surface area (Å²) in [5.74, 6) is -1.24. The largest absolute Gasteiger partial charge is 0.481 e. The summed E-state index contributed by atoms with van der Waals surface area (Å²) in [4.78, 5) is 10.3. The van der Waals surface area contributed by atoms with Crippen LogP contribution < -0.4 is 5.32 Å². The van der Waals surface area contributed by atoms with Gasteiger partial charge in [0.05, 0.1) is 12.0 Å². The zero-order valence-electron chi connectivity index (χ0n) is 6.58. The average molecular weight is 168 g/mol. The SMILES string of the molecule is O=C(O)[C@@H]1CNC[C@H](O)C1.[Na]. The van der Waals surface area contributed by atoms with Crippen molar-refractivity contribution in [3.05, 3.63) is 0 Å². The predicted molar refractivity (Wildman–Crippen MR) is 40.4 cm³/mol. The number of aliphatic hydroxyl groups excluding tert-OH is 1. The Bertz CT molecular complexity index is 142. The molecule has 2 atom stereocenters. The van der Waals surface area contributed by atoms with Crippen molar-refractivity contribution >= 4 is 35.5 Å². The molecule has 3 N–H and O–H groups in total. The van der Waals surface area contributed by atoms with Crippen molar-refractivity contribution in [2.45, 2.75) is 12.5 Å². The Hall–Kier alpha value is 0.390. The monoisotopic (exact) mass is 168 g/mol. The van der Waals surface area contributed by atoms with E-state index in [1.54, 1.807) is 0 Å². The summed E-state index contributed by atoms with van der Waals surface area (Å²) < 4.78 is 0. The molecule has 0 aromatic rings. The molecule has 0 aromatic heterocycles. The van der Waals surface area contributed by atoms with Gasteiger partial charge >= 0.3 is 5.97 Å². The third-order valence-corrected chi connectivity index (χ3v) is 1.68. The minimum atomic E-state index is -0.828. The van der Waals surface area contributed by atoms with E-state index in [9.17, 15) is 4.79 Å². The zero-order chi connectivity index (χ0) is 7.56. The van der Waals surface area contributed by atoms with E-state index in [1.165, 1.54) is 0 Å². The molecule has 1 radical (unpaired) electrons. The second-order valence-corrected chi connectivity index (χ2v) is 2.58. The van der Waals surface area contributed by atoms with E-state index in [1.807, 2.05) is 0 Å². The molecule has 0 bridgehead atoms. The summed E-state index contributed by atoms with van der Waals surface area (Å²) in [6.45, 7) is 0.996. The molecule has 1 fully saturated rings. The molecule has 0 spiro atoms. The molecule has 59 valence electrons. The fourth-order valence-electron chi connectivity index (χ4n) is 1.11. The van der Waals surface area contributed by atoms with Gasteiger partial charge in [-0.25, -0.2) is 0 Å². The van der Waals surface area contributed by atoms with Gasteiger partial charge in [0.2, 0.25) is 0 Å². The summed E-state index contributed by atoms with van der Waals surface area (Å²) in [6.07, 6.45) is -0.114. The molecule has 1 heterocycles. The maximum atomic E-state index is 10.3. The molecular formula is C6H11NNaO3. The minimum absolute atomic E-state index is 0. The Morgan fingerprint density at radius 1 is 1.45 bits per heavy atom. The number of carbonyl (C=O) groups is 1. The van der Waals surface area contributed by atoms with Crippen molar-refractivity contribution < 1.29 is 15.0 Å². The molecule has 1 aliphatic rings. The van der Waals surface area contributed by atoms with Crippen LogP contribution in [-0.2, 0) is 4.79 Å². The molecule has 0 aliphatic carbocycles. The van der Waals surface area contributed by atoms with E-state index in [-0.39, 0.29) is 29.6 Å². The Balaban J connectivity index is 0.000001000. The smallest absolute Gasteiger partial charge is 0.307 e. The number of piperidine rings is 1. The molecule has 0 aromatic carbocycles. The number of aliphatic hydroxyl groups is 1. The second kappa shape index (κ2) is 5.11. The number of rotatable bonds is 1.